The fraction of sp³-hybridized carbons (Fsp3) is 0.278. The number of carbonyl (C=O) groups is 1. The maximum Gasteiger partial charge on any atom is 0.308 e. The second-order valence-corrected chi connectivity index (χ2v) is 6.48. The zero-order chi connectivity index (χ0) is 15.2. The van der Waals surface area contributed by atoms with Gasteiger partial charge in [-0.1, -0.05) is 56.3 Å². The van der Waals surface area contributed by atoms with Crippen LogP contribution in [0.4, 0.5) is 0 Å². The summed E-state index contributed by atoms with van der Waals surface area (Å²) in [6, 6.07) is 18.2. The number of esters is 1. The second-order valence-electron chi connectivity index (χ2n) is 5.06. The first-order chi connectivity index (χ1) is 10.1. The summed E-state index contributed by atoms with van der Waals surface area (Å²) in [6.45, 7) is 5.85. The van der Waals surface area contributed by atoms with Crippen molar-refractivity contribution in [1.29, 1.82) is 0 Å². The zero-order valence-corrected chi connectivity index (χ0v) is 13.4. The van der Waals surface area contributed by atoms with Crippen LogP contribution in [0.1, 0.15) is 32.3 Å². The van der Waals surface area contributed by atoms with Gasteiger partial charge < -0.3 is 4.74 Å². The van der Waals surface area contributed by atoms with Crippen molar-refractivity contribution in [3.05, 3.63) is 60.2 Å². The molecule has 2 aromatic carbocycles. The maximum absolute atomic E-state index is 11.2. The Balaban J connectivity index is 2.12. The Morgan fingerprint density at radius 2 is 1.62 bits per heavy atom. The lowest BCUT2D eigenvalue weighted by molar-refractivity contribution is -0.132. The highest BCUT2D eigenvalue weighted by Crippen LogP contribution is 2.37. The van der Waals surface area contributed by atoms with Gasteiger partial charge in [0.1, 0.15) is 5.75 Å². The van der Waals surface area contributed by atoms with Crippen LogP contribution in [0.25, 0.3) is 0 Å². The molecule has 2 nitrogen and oxygen atoms in total. The molecule has 0 aliphatic carbocycles. The van der Waals surface area contributed by atoms with Crippen molar-refractivity contribution in [2.45, 2.75) is 36.8 Å². The molecular weight excluding hydrogens is 280 g/mol. The molecule has 0 radical (unpaired) electrons. The minimum absolute atomic E-state index is 0.285. The van der Waals surface area contributed by atoms with E-state index in [0.29, 0.717) is 16.9 Å². The number of hydrogen-bond donors (Lipinski definition) is 0. The standard InChI is InChI=1S/C18H20O2S/c1-13(16-9-5-4-6-10-16)14(2)21-18-12-8-7-11-17(18)20-15(3)19/h4-14H,1-3H3. The minimum atomic E-state index is -0.285. The summed E-state index contributed by atoms with van der Waals surface area (Å²) in [5, 5.41) is 0.379. The molecule has 0 saturated carbocycles. The molecule has 2 rings (SSSR count). The molecule has 0 spiro atoms. The van der Waals surface area contributed by atoms with Crippen LogP contribution in [0.2, 0.25) is 0 Å². The van der Waals surface area contributed by atoms with E-state index < -0.39 is 0 Å². The van der Waals surface area contributed by atoms with Crippen molar-refractivity contribution < 1.29 is 9.53 Å². The number of carbonyl (C=O) groups excluding carboxylic acids is 1. The number of benzene rings is 2. The second kappa shape index (κ2) is 7.32. The molecule has 2 unspecified atom stereocenters. The number of ether oxygens (including phenoxy) is 1. The van der Waals surface area contributed by atoms with E-state index in [-0.39, 0.29) is 5.97 Å². The molecule has 3 heteroatoms. The van der Waals surface area contributed by atoms with Gasteiger partial charge in [-0.05, 0) is 23.6 Å². The molecule has 0 bridgehead atoms. The van der Waals surface area contributed by atoms with Gasteiger partial charge in [-0.15, -0.1) is 11.8 Å². The van der Waals surface area contributed by atoms with E-state index in [1.54, 1.807) is 11.8 Å². The van der Waals surface area contributed by atoms with E-state index >= 15 is 0 Å². The third-order valence-corrected chi connectivity index (χ3v) is 4.82. The van der Waals surface area contributed by atoms with Crippen LogP contribution in [0, 0.1) is 0 Å². The number of thioether (sulfide) groups is 1. The molecule has 2 aromatic rings. The largest absolute Gasteiger partial charge is 0.426 e. The van der Waals surface area contributed by atoms with Gasteiger partial charge in [0, 0.05) is 12.2 Å². The lowest BCUT2D eigenvalue weighted by Crippen LogP contribution is -2.09. The van der Waals surface area contributed by atoms with Crippen molar-refractivity contribution in [2.24, 2.45) is 0 Å². The lowest BCUT2D eigenvalue weighted by Gasteiger charge is -2.21. The quantitative estimate of drug-likeness (QED) is 0.446. The number of para-hydroxylation sites is 1. The average Bonchev–Trinajstić information content (AvgIpc) is 2.49. The Hall–Kier alpha value is -1.74. The third-order valence-electron chi connectivity index (χ3n) is 3.45. The molecule has 0 N–H and O–H groups in total. The molecule has 0 fully saturated rings. The van der Waals surface area contributed by atoms with Gasteiger partial charge in [0.05, 0.1) is 4.90 Å². The number of rotatable bonds is 5. The van der Waals surface area contributed by atoms with Crippen molar-refractivity contribution in [2.75, 3.05) is 0 Å². The first kappa shape index (κ1) is 15.6. The van der Waals surface area contributed by atoms with Crippen molar-refractivity contribution in [3.8, 4) is 5.75 Å². The third kappa shape index (κ3) is 4.36. The van der Waals surface area contributed by atoms with Gasteiger partial charge in [-0.3, -0.25) is 4.79 Å². The Morgan fingerprint density at radius 3 is 2.29 bits per heavy atom. The van der Waals surface area contributed by atoms with Gasteiger partial charge in [0.25, 0.3) is 0 Å². The zero-order valence-electron chi connectivity index (χ0n) is 12.6. The van der Waals surface area contributed by atoms with E-state index in [1.165, 1.54) is 12.5 Å². The first-order valence-corrected chi connectivity index (χ1v) is 7.95. The van der Waals surface area contributed by atoms with Crippen LogP contribution in [0.15, 0.2) is 59.5 Å². The summed E-state index contributed by atoms with van der Waals surface area (Å²) in [5.41, 5.74) is 1.32. The van der Waals surface area contributed by atoms with E-state index in [9.17, 15) is 4.79 Å². The molecule has 0 aliphatic rings. The van der Waals surface area contributed by atoms with E-state index in [0.717, 1.165) is 4.90 Å². The predicted octanol–water partition coefficient (Wildman–Crippen LogP) is 4.90. The highest BCUT2D eigenvalue weighted by atomic mass is 32.2. The number of hydrogen-bond acceptors (Lipinski definition) is 3. The summed E-state index contributed by atoms with van der Waals surface area (Å²) >= 11 is 1.74. The van der Waals surface area contributed by atoms with E-state index in [1.807, 2.05) is 30.3 Å². The van der Waals surface area contributed by atoms with Gasteiger partial charge in [-0.2, -0.15) is 0 Å². The summed E-state index contributed by atoms with van der Waals surface area (Å²) in [5.74, 6) is 0.774. The lowest BCUT2D eigenvalue weighted by atomic mass is 9.99. The Kier molecular flexibility index (Phi) is 5.45. The Morgan fingerprint density at radius 1 is 1.00 bits per heavy atom. The topological polar surface area (TPSA) is 26.3 Å². The molecule has 2 atom stereocenters. The highest BCUT2D eigenvalue weighted by molar-refractivity contribution is 8.00. The SMILES string of the molecule is CC(=O)Oc1ccccc1SC(C)C(C)c1ccccc1. The van der Waals surface area contributed by atoms with Crippen molar-refractivity contribution in [1.82, 2.24) is 0 Å². The summed E-state index contributed by atoms with van der Waals surface area (Å²) in [4.78, 5) is 12.2. The van der Waals surface area contributed by atoms with Crippen LogP contribution in [0.3, 0.4) is 0 Å². The van der Waals surface area contributed by atoms with E-state index in [2.05, 4.69) is 38.1 Å². The summed E-state index contributed by atoms with van der Waals surface area (Å²) in [7, 11) is 0. The van der Waals surface area contributed by atoms with Gasteiger partial charge >= 0.3 is 5.97 Å². The van der Waals surface area contributed by atoms with Crippen LogP contribution in [0.5, 0.6) is 5.75 Å². The Bertz CT molecular complexity index is 595. The summed E-state index contributed by atoms with van der Waals surface area (Å²) in [6.07, 6.45) is 0. The van der Waals surface area contributed by atoms with Crippen LogP contribution in [-0.2, 0) is 4.79 Å². The molecular formula is C18H20O2S. The molecule has 0 aromatic heterocycles. The summed E-state index contributed by atoms with van der Waals surface area (Å²) < 4.78 is 5.27. The Labute approximate surface area is 130 Å². The molecule has 21 heavy (non-hydrogen) atoms. The molecule has 0 heterocycles. The molecule has 110 valence electrons. The van der Waals surface area contributed by atoms with Crippen LogP contribution in [-0.4, -0.2) is 11.2 Å². The molecule has 0 amide bonds. The van der Waals surface area contributed by atoms with E-state index in [4.69, 9.17) is 4.74 Å². The fourth-order valence-electron chi connectivity index (χ4n) is 2.12. The average molecular weight is 300 g/mol. The van der Waals surface area contributed by atoms with Crippen molar-refractivity contribution in [3.63, 3.8) is 0 Å². The van der Waals surface area contributed by atoms with Crippen LogP contribution >= 0.6 is 11.8 Å². The fourth-order valence-corrected chi connectivity index (χ4v) is 3.26. The van der Waals surface area contributed by atoms with Crippen molar-refractivity contribution >= 4 is 17.7 Å². The highest BCUT2D eigenvalue weighted by Gasteiger charge is 2.17. The van der Waals surface area contributed by atoms with Gasteiger partial charge in [0.2, 0.25) is 0 Å². The normalized spacial score (nSPS) is 13.5. The maximum atomic E-state index is 11.2. The van der Waals surface area contributed by atoms with Crippen LogP contribution < -0.4 is 4.74 Å². The monoisotopic (exact) mass is 300 g/mol. The van der Waals surface area contributed by atoms with Gasteiger partial charge in [-0.25, -0.2) is 0 Å². The predicted molar refractivity (Wildman–Crippen MR) is 87.9 cm³/mol. The minimum Gasteiger partial charge on any atom is -0.426 e. The smallest absolute Gasteiger partial charge is 0.308 e. The first-order valence-electron chi connectivity index (χ1n) is 7.07. The van der Waals surface area contributed by atoms with Gasteiger partial charge in [0.15, 0.2) is 0 Å². The molecule has 0 saturated heterocycles. The molecule has 0 aliphatic heterocycles.